The number of methoxy groups -OCH3 is 1. The van der Waals surface area contributed by atoms with Crippen LogP contribution < -0.4 is 9.47 Å². The van der Waals surface area contributed by atoms with E-state index in [0.29, 0.717) is 44.3 Å². The quantitative estimate of drug-likeness (QED) is 0.461. The largest absolute Gasteiger partial charge is 0.486 e. The van der Waals surface area contributed by atoms with Gasteiger partial charge in [-0.05, 0) is 29.3 Å². The number of nitrogens with zero attached hydrogens (tertiary/aromatic N) is 2. The summed E-state index contributed by atoms with van der Waals surface area (Å²) >= 11 is 0. The number of hydrogen-bond acceptors (Lipinski definition) is 5. The highest BCUT2D eigenvalue weighted by Gasteiger charge is 2.43. The lowest BCUT2D eigenvalue weighted by atomic mass is 9.81. The number of hydrogen-bond donors (Lipinski definition) is 0. The highest BCUT2D eigenvalue weighted by molar-refractivity contribution is 5.71. The van der Waals surface area contributed by atoms with Crippen LogP contribution >= 0.6 is 0 Å². The smallest absolute Gasteiger partial charge is 0.387 e. The van der Waals surface area contributed by atoms with Crippen molar-refractivity contribution in [1.82, 2.24) is 4.90 Å². The highest BCUT2D eigenvalue weighted by Crippen LogP contribution is 2.42. The second-order valence-corrected chi connectivity index (χ2v) is 8.45. The molecule has 0 atom stereocenters. The Balaban J connectivity index is 1.55. The number of rotatable bonds is 7. The van der Waals surface area contributed by atoms with Crippen molar-refractivity contribution in [2.24, 2.45) is 0 Å². The minimum absolute atomic E-state index is 0.0343. The monoisotopic (exact) mass is 456 g/mol. The molecule has 1 fully saturated rings. The Morgan fingerprint density at radius 1 is 1.15 bits per heavy atom. The Morgan fingerprint density at radius 2 is 1.82 bits per heavy atom. The Bertz CT molecular complexity index is 1020. The fourth-order valence-electron chi connectivity index (χ4n) is 4.66. The molecule has 1 heterocycles. The molecule has 6 nitrogen and oxygen atoms in total. The molecule has 0 bridgehead atoms. The normalized spacial score (nSPS) is 17.9. The highest BCUT2D eigenvalue weighted by atomic mass is 19.3. The van der Waals surface area contributed by atoms with Gasteiger partial charge in [0.15, 0.2) is 11.5 Å². The molecule has 2 aromatic rings. The number of esters is 1. The first-order chi connectivity index (χ1) is 15.9. The van der Waals surface area contributed by atoms with Crippen LogP contribution in [-0.2, 0) is 27.9 Å². The molecule has 2 aliphatic rings. The van der Waals surface area contributed by atoms with Crippen molar-refractivity contribution >= 4 is 5.97 Å². The first kappa shape index (κ1) is 23.0. The van der Waals surface area contributed by atoms with Gasteiger partial charge in [-0.2, -0.15) is 8.78 Å². The number of halogens is 2. The predicted molar refractivity (Wildman–Crippen MR) is 117 cm³/mol. The Hall–Kier alpha value is -3.18. The maximum Gasteiger partial charge on any atom is 0.387 e. The molecule has 1 saturated heterocycles. The molecule has 174 valence electrons. The maximum absolute atomic E-state index is 13.0. The van der Waals surface area contributed by atoms with Gasteiger partial charge in [-0.3, -0.25) is 9.69 Å². The van der Waals surface area contributed by atoms with E-state index in [2.05, 4.69) is 4.85 Å². The van der Waals surface area contributed by atoms with Crippen LogP contribution in [0.1, 0.15) is 29.5 Å². The van der Waals surface area contributed by atoms with Gasteiger partial charge in [-0.1, -0.05) is 24.3 Å². The summed E-state index contributed by atoms with van der Waals surface area (Å²) in [7, 11) is 1.35. The summed E-state index contributed by atoms with van der Waals surface area (Å²) in [6.07, 6.45) is 2.20. The summed E-state index contributed by atoms with van der Waals surface area (Å²) in [6.45, 7) is 6.22. The van der Waals surface area contributed by atoms with Crippen molar-refractivity contribution in [3.63, 3.8) is 0 Å². The standard InChI is InChI=1S/C25H26F2N2O4/c1-28-25(9-11-29(12-10-25)16-23(30)31-2)19-7-8-21(33-24(26)27)22(15-19)32-20-13-17-5-3-4-6-18(17)14-20/h3-8,15,20,24H,9-14,16H2,2H3. The Labute approximate surface area is 191 Å². The van der Waals surface area contributed by atoms with Gasteiger partial charge in [0.1, 0.15) is 6.10 Å². The van der Waals surface area contributed by atoms with Crippen molar-refractivity contribution in [3.05, 3.63) is 70.6 Å². The lowest BCUT2D eigenvalue weighted by Crippen LogP contribution is -2.43. The van der Waals surface area contributed by atoms with E-state index in [1.54, 1.807) is 12.1 Å². The number of alkyl halides is 2. The summed E-state index contributed by atoms with van der Waals surface area (Å²) in [5.74, 6) is -0.120. The summed E-state index contributed by atoms with van der Waals surface area (Å²) in [6, 6.07) is 12.8. The molecule has 0 spiro atoms. The number of fused-ring (bicyclic) bond motifs is 1. The number of carbonyl (C=O) groups excluding carboxylic acids is 1. The van der Waals surface area contributed by atoms with Crippen LogP contribution in [0.15, 0.2) is 42.5 Å². The second kappa shape index (κ2) is 9.75. The molecule has 0 radical (unpaired) electrons. The lowest BCUT2D eigenvalue weighted by molar-refractivity contribution is -0.142. The topological polar surface area (TPSA) is 52.4 Å². The van der Waals surface area contributed by atoms with Crippen LogP contribution in [0.3, 0.4) is 0 Å². The van der Waals surface area contributed by atoms with E-state index in [1.807, 2.05) is 29.2 Å². The van der Waals surface area contributed by atoms with E-state index >= 15 is 0 Å². The molecule has 1 aliphatic heterocycles. The van der Waals surface area contributed by atoms with Crippen molar-refractivity contribution in [2.45, 2.75) is 43.9 Å². The van der Waals surface area contributed by atoms with Crippen molar-refractivity contribution in [3.8, 4) is 11.5 Å². The zero-order chi connectivity index (χ0) is 23.4. The average molecular weight is 456 g/mol. The number of likely N-dealkylation sites (tertiary alicyclic amines) is 1. The SMILES string of the molecule is [C-]#[N+]C1(c2ccc(OC(F)F)c(OC3Cc4ccccc4C3)c2)CCN(CC(=O)OC)CC1. The van der Waals surface area contributed by atoms with E-state index in [4.69, 9.17) is 20.8 Å². The molecule has 4 rings (SSSR count). The molecule has 8 heteroatoms. The first-order valence-corrected chi connectivity index (χ1v) is 10.9. The minimum Gasteiger partial charge on any atom is -0.486 e. The lowest BCUT2D eigenvalue weighted by Gasteiger charge is -2.33. The molecule has 0 aromatic heterocycles. The van der Waals surface area contributed by atoms with Crippen LogP contribution in [0.25, 0.3) is 4.85 Å². The summed E-state index contributed by atoms with van der Waals surface area (Å²) in [4.78, 5) is 17.5. The number of carbonyl (C=O) groups is 1. The molecule has 0 N–H and O–H groups in total. The van der Waals surface area contributed by atoms with Gasteiger partial charge >= 0.3 is 12.6 Å². The fraction of sp³-hybridized carbons (Fsp3) is 0.440. The van der Waals surface area contributed by atoms with E-state index < -0.39 is 12.2 Å². The third kappa shape index (κ3) is 5.09. The van der Waals surface area contributed by atoms with Crippen molar-refractivity contribution < 1.29 is 27.8 Å². The van der Waals surface area contributed by atoms with Crippen molar-refractivity contribution in [1.29, 1.82) is 0 Å². The van der Waals surface area contributed by atoms with E-state index in [-0.39, 0.29) is 30.1 Å². The minimum atomic E-state index is -2.98. The van der Waals surface area contributed by atoms with Gasteiger partial charge < -0.3 is 19.1 Å². The molecular formula is C25H26F2N2O4. The third-order valence-electron chi connectivity index (χ3n) is 6.48. The maximum atomic E-state index is 13.0. The van der Waals surface area contributed by atoms with E-state index in [9.17, 15) is 13.6 Å². The summed E-state index contributed by atoms with van der Waals surface area (Å²) in [5, 5.41) is 0. The average Bonchev–Trinajstić information content (AvgIpc) is 3.23. The molecular weight excluding hydrogens is 430 g/mol. The molecule has 0 saturated carbocycles. The molecule has 0 unspecified atom stereocenters. The van der Waals surface area contributed by atoms with Crippen LogP contribution in [-0.4, -0.2) is 50.3 Å². The number of benzene rings is 2. The zero-order valence-electron chi connectivity index (χ0n) is 18.4. The zero-order valence-corrected chi connectivity index (χ0v) is 18.4. The Morgan fingerprint density at radius 3 is 2.39 bits per heavy atom. The van der Waals surface area contributed by atoms with E-state index in [1.165, 1.54) is 24.3 Å². The second-order valence-electron chi connectivity index (χ2n) is 8.45. The van der Waals surface area contributed by atoms with Gasteiger partial charge in [0.2, 0.25) is 0 Å². The number of piperidine rings is 1. The molecule has 33 heavy (non-hydrogen) atoms. The van der Waals surface area contributed by atoms with E-state index in [0.717, 1.165) is 0 Å². The number of ether oxygens (including phenoxy) is 3. The van der Waals surface area contributed by atoms with Crippen LogP contribution in [0.2, 0.25) is 0 Å². The van der Waals surface area contributed by atoms with Crippen LogP contribution in [0.5, 0.6) is 11.5 Å². The molecule has 2 aromatic carbocycles. The molecule has 1 aliphatic carbocycles. The van der Waals surface area contributed by atoms with Crippen LogP contribution in [0, 0.1) is 6.57 Å². The summed E-state index contributed by atoms with van der Waals surface area (Å²) < 4.78 is 41.7. The van der Waals surface area contributed by atoms with Gasteiger partial charge in [-0.15, -0.1) is 0 Å². The fourth-order valence-corrected chi connectivity index (χ4v) is 4.66. The summed E-state index contributed by atoms with van der Waals surface area (Å²) in [5.41, 5.74) is 2.27. The van der Waals surface area contributed by atoms with Gasteiger partial charge in [-0.25, -0.2) is 6.57 Å². The van der Waals surface area contributed by atoms with Crippen LogP contribution in [0.4, 0.5) is 8.78 Å². The molecule has 0 amide bonds. The predicted octanol–water partition coefficient (Wildman–Crippen LogP) is 4.22. The van der Waals surface area contributed by atoms with Gasteiger partial charge in [0, 0.05) is 44.3 Å². The third-order valence-corrected chi connectivity index (χ3v) is 6.48. The Kier molecular flexibility index (Phi) is 6.80. The first-order valence-electron chi connectivity index (χ1n) is 10.9. The van der Waals surface area contributed by atoms with Crippen molar-refractivity contribution in [2.75, 3.05) is 26.7 Å². The van der Waals surface area contributed by atoms with Gasteiger partial charge in [0.05, 0.1) is 13.7 Å². The van der Waals surface area contributed by atoms with Gasteiger partial charge in [0.25, 0.3) is 5.54 Å².